The molecule has 1 amide bonds. The summed E-state index contributed by atoms with van der Waals surface area (Å²) in [6, 6.07) is 14.4. The molecule has 5 aromatic rings. The van der Waals surface area contributed by atoms with Gasteiger partial charge in [0, 0.05) is 60.4 Å². The summed E-state index contributed by atoms with van der Waals surface area (Å²) in [5.74, 6) is 0.402. The van der Waals surface area contributed by atoms with E-state index in [-0.39, 0.29) is 17.5 Å². The molecule has 0 aliphatic rings. The van der Waals surface area contributed by atoms with Crippen LogP contribution in [0.2, 0.25) is 0 Å². The standard InChI is InChI=1S/C27H26N8O2/c1-34(2)22(20-4-3-10-28-15-20)16-32-27(37)18-5-7-21(8-6-18)33-25-26-30-12-13-35(26)23(17-31-25)19-9-11-29-24(36)14-19/h3-15,17,22H,16H2,1-2H3,(H,29,36)(H,31,33)(H,32,37). The zero-order valence-electron chi connectivity index (χ0n) is 20.4. The van der Waals surface area contributed by atoms with E-state index in [1.165, 1.54) is 6.07 Å². The maximum atomic E-state index is 12.8. The Bertz CT molecular complexity index is 1580. The predicted molar refractivity (Wildman–Crippen MR) is 142 cm³/mol. The molecule has 1 unspecified atom stereocenters. The number of H-pyrrole nitrogens is 1. The number of aromatic nitrogens is 5. The average Bonchev–Trinajstić information content (AvgIpc) is 3.40. The van der Waals surface area contributed by atoms with Crippen LogP contribution in [0.3, 0.4) is 0 Å². The number of nitrogens with one attached hydrogen (secondary N) is 3. The van der Waals surface area contributed by atoms with Crippen LogP contribution in [0, 0.1) is 0 Å². The van der Waals surface area contributed by atoms with Gasteiger partial charge < -0.3 is 20.5 Å². The lowest BCUT2D eigenvalue weighted by molar-refractivity contribution is 0.0942. The first-order valence-electron chi connectivity index (χ1n) is 11.7. The minimum absolute atomic E-state index is 0.0128. The number of pyridine rings is 2. The van der Waals surface area contributed by atoms with Crippen molar-refractivity contribution in [2.75, 3.05) is 26.0 Å². The predicted octanol–water partition coefficient (Wildman–Crippen LogP) is 3.26. The van der Waals surface area contributed by atoms with Crippen LogP contribution < -0.4 is 16.2 Å². The van der Waals surface area contributed by atoms with Crippen LogP contribution in [-0.4, -0.2) is 55.8 Å². The second-order valence-corrected chi connectivity index (χ2v) is 8.73. The van der Waals surface area contributed by atoms with Crippen LogP contribution >= 0.6 is 0 Å². The van der Waals surface area contributed by atoms with Crippen LogP contribution in [0.4, 0.5) is 11.5 Å². The van der Waals surface area contributed by atoms with Gasteiger partial charge >= 0.3 is 0 Å². The van der Waals surface area contributed by atoms with E-state index in [0.717, 1.165) is 22.5 Å². The van der Waals surface area contributed by atoms with Crippen molar-refractivity contribution in [1.29, 1.82) is 0 Å². The van der Waals surface area contributed by atoms with Crippen molar-refractivity contribution in [2.24, 2.45) is 0 Å². The van der Waals surface area contributed by atoms with E-state index >= 15 is 0 Å². The molecule has 0 bridgehead atoms. The zero-order valence-corrected chi connectivity index (χ0v) is 20.4. The number of hydrogen-bond donors (Lipinski definition) is 3. The number of aromatic amines is 1. The number of likely N-dealkylation sites (N-methyl/N-ethyl adjacent to an activating group) is 1. The van der Waals surface area contributed by atoms with Gasteiger partial charge in [0.25, 0.3) is 5.91 Å². The second-order valence-electron chi connectivity index (χ2n) is 8.73. The monoisotopic (exact) mass is 494 g/mol. The summed E-state index contributed by atoms with van der Waals surface area (Å²) in [6.45, 7) is 0.457. The van der Waals surface area contributed by atoms with E-state index in [2.05, 4.69) is 35.5 Å². The van der Waals surface area contributed by atoms with E-state index in [1.54, 1.807) is 36.9 Å². The summed E-state index contributed by atoms with van der Waals surface area (Å²) in [4.78, 5) is 42.4. The van der Waals surface area contributed by atoms with Crippen LogP contribution in [0.15, 0.2) is 90.5 Å². The molecule has 10 heteroatoms. The minimum Gasteiger partial charge on any atom is -0.350 e. The SMILES string of the molecule is CN(C)C(CNC(=O)c1ccc(Nc2ncc(-c3cc[nH]c(=O)c3)n3ccnc23)cc1)c1cccnc1. The maximum Gasteiger partial charge on any atom is 0.251 e. The van der Waals surface area contributed by atoms with Crippen LogP contribution in [0.25, 0.3) is 16.9 Å². The van der Waals surface area contributed by atoms with Gasteiger partial charge in [0.2, 0.25) is 5.56 Å². The molecule has 4 aromatic heterocycles. The Morgan fingerprint density at radius 1 is 1.08 bits per heavy atom. The fourth-order valence-electron chi connectivity index (χ4n) is 4.13. The molecule has 0 aliphatic carbocycles. The highest BCUT2D eigenvalue weighted by molar-refractivity contribution is 5.94. The fourth-order valence-corrected chi connectivity index (χ4v) is 4.13. The van der Waals surface area contributed by atoms with E-state index in [0.29, 0.717) is 23.6 Å². The Morgan fingerprint density at radius 3 is 2.65 bits per heavy atom. The third-order valence-corrected chi connectivity index (χ3v) is 6.06. The van der Waals surface area contributed by atoms with Crippen molar-refractivity contribution in [3.63, 3.8) is 0 Å². The number of fused-ring (bicyclic) bond motifs is 1. The first kappa shape index (κ1) is 23.9. The molecule has 4 heterocycles. The average molecular weight is 495 g/mol. The van der Waals surface area contributed by atoms with E-state index in [9.17, 15) is 9.59 Å². The zero-order chi connectivity index (χ0) is 25.8. The topological polar surface area (TPSA) is 120 Å². The molecule has 0 saturated heterocycles. The van der Waals surface area contributed by atoms with Gasteiger partial charge in [0.1, 0.15) is 0 Å². The number of hydrogen-bond acceptors (Lipinski definition) is 7. The number of imidazole rings is 1. The molecule has 1 atom stereocenters. The van der Waals surface area contributed by atoms with Crippen LogP contribution in [-0.2, 0) is 0 Å². The van der Waals surface area contributed by atoms with Crippen molar-refractivity contribution in [1.82, 2.24) is 34.6 Å². The molecular formula is C27H26N8O2. The Morgan fingerprint density at radius 2 is 1.92 bits per heavy atom. The lowest BCUT2D eigenvalue weighted by Gasteiger charge is -2.24. The minimum atomic E-state index is -0.189. The van der Waals surface area contributed by atoms with Crippen molar-refractivity contribution in [2.45, 2.75) is 6.04 Å². The van der Waals surface area contributed by atoms with Gasteiger partial charge in [-0.25, -0.2) is 9.97 Å². The molecule has 5 rings (SSSR count). The first-order chi connectivity index (χ1) is 18.0. The van der Waals surface area contributed by atoms with Gasteiger partial charge in [-0.1, -0.05) is 6.07 Å². The highest BCUT2D eigenvalue weighted by atomic mass is 16.1. The molecule has 1 aromatic carbocycles. The summed E-state index contributed by atoms with van der Waals surface area (Å²) in [5.41, 5.74) is 4.27. The lowest BCUT2D eigenvalue weighted by Crippen LogP contribution is -2.34. The number of rotatable bonds is 8. The molecule has 0 spiro atoms. The number of amides is 1. The summed E-state index contributed by atoms with van der Waals surface area (Å²) in [6.07, 6.45) is 10.3. The Labute approximate surface area is 213 Å². The van der Waals surface area contributed by atoms with Gasteiger partial charge in [-0.3, -0.25) is 19.0 Å². The van der Waals surface area contributed by atoms with E-state index < -0.39 is 0 Å². The molecule has 0 saturated carbocycles. The largest absolute Gasteiger partial charge is 0.350 e. The van der Waals surface area contributed by atoms with E-state index in [1.807, 2.05) is 61.2 Å². The third kappa shape index (κ3) is 5.24. The number of carbonyl (C=O) groups is 1. The van der Waals surface area contributed by atoms with Crippen molar-refractivity contribution in [3.05, 3.63) is 107 Å². The molecule has 186 valence electrons. The fraction of sp³-hybridized carbons (Fsp3) is 0.148. The van der Waals surface area contributed by atoms with Gasteiger partial charge in [-0.05, 0) is 56.1 Å². The lowest BCUT2D eigenvalue weighted by atomic mass is 10.1. The molecule has 0 aliphatic heterocycles. The summed E-state index contributed by atoms with van der Waals surface area (Å²) in [5, 5.41) is 6.28. The maximum absolute atomic E-state index is 12.8. The van der Waals surface area contributed by atoms with Gasteiger partial charge in [-0.2, -0.15) is 0 Å². The van der Waals surface area contributed by atoms with Crippen molar-refractivity contribution >= 4 is 23.1 Å². The van der Waals surface area contributed by atoms with Crippen LogP contribution in [0.1, 0.15) is 22.0 Å². The van der Waals surface area contributed by atoms with Crippen LogP contribution in [0.5, 0.6) is 0 Å². The quantitative estimate of drug-likeness (QED) is 0.303. The summed E-state index contributed by atoms with van der Waals surface area (Å²) < 4.78 is 1.87. The molecule has 0 radical (unpaired) electrons. The smallest absolute Gasteiger partial charge is 0.251 e. The summed E-state index contributed by atoms with van der Waals surface area (Å²) >= 11 is 0. The van der Waals surface area contributed by atoms with Gasteiger partial charge in [0.05, 0.1) is 17.9 Å². The number of carbonyl (C=O) groups excluding carboxylic acids is 1. The Hall–Kier alpha value is -4.83. The van der Waals surface area contributed by atoms with Gasteiger partial charge in [-0.15, -0.1) is 0 Å². The molecule has 37 heavy (non-hydrogen) atoms. The van der Waals surface area contributed by atoms with Crippen molar-refractivity contribution in [3.8, 4) is 11.3 Å². The van der Waals surface area contributed by atoms with Crippen molar-refractivity contribution < 1.29 is 4.79 Å². The normalized spacial score (nSPS) is 12.0. The Kier molecular flexibility index (Phi) is 6.73. The van der Waals surface area contributed by atoms with E-state index in [4.69, 9.17) is 0 Å². The highest BCUT2D eigenvalue weighted by Gasteiger charge is 2.16. The summed E-state index contributed by atoms with van der Waals surface area (Å²) in [7, 11) is 3.95. The third-order valence-electron chi connectivity index (χ3n) is 6.06. The molecule has 3 N–H and O–H groups in total. The highest BCUT2D eigenvalue weighted by Crippen LogP contribution is 2.24. The number of nitrogens with zero attached hydrogens (tertiary/aromatic N) is 5. The van der Waals surface area contributed by atoms with Gasteiger partial charge in [0.15, 0.2) is 11.5 Å². The second kappa shape index (κ2) is 10.4. The number of benzene rings is 1. The first-order valence-corrected chi connectivity index (χ1v) is 11.7. The number of anilines is 2. The molecule has 10 nitrogen and oxygen atoms in total. The molecule has 0 fully saturated rings. The Balaban J connectivity index is 1.29. The molecular weight excluding hydrogens is 468 g/mol.